The molecular formula is C25H54N2O2. The van der Waals surface area contributed by atoms with E-state index in [2.05, 4.69) is 18.7 Å². The number of unbranched alkanes of at least 4 members (excludes halogenated alkanes) is 15. The van der Waals surface area contributed by atoms with Gasteiger partial charge in [0, 0.05) is 13.1 Å². The molecule has 1 unspecified atom stereocenters. The molecule has 0 aromatic rings. The summed E-state index contributed by atoms with van der Waals surface area (Å²) in [7, 11) is 0. The normalized spacial score (nSPS) is 13.9. The van der Waals surface area contributed by atoms with Crippen LogP contribution < -0.4 is 5.73 Å². The van der Waals surface area contributed by atoms with Crippen LogP contribution in [0.15, 0.2) is 0 Å². The number of aliphatic hydroxyl groups excluding tert-OH is 2. The van der Waals surface area contributed by atoms with Crippen molar-refractivity contribution in [1.82, 2.24) is 4.90 Å². The maximum Gasteiger partial charge on any atom is 0.0686 e. The minimum atomic E-state index is -0.387. The molecule has 4 N–H and O–H groups in total. The first-order chi connectivity index (χ1) is 14.1. The predicted octanol–water partition coefficient (Wildman–Crippen LogP) is 5.99. The number of hydrogen-bond donors (Lipinski definition) is 3. The standard InChI is InChI=1S/C25H54N2O2/c1-3-5-6-7-8-9-10-11-12-13-14-15-16-17-18-19-20-25(26,4-2)27(21-23-28)22-24-29/h28-29H,3-24,26H2,1-2H3. The second-order valence-corrected chi connectivity index (χ2v) is 8.94. The summed E-state index contributed by atoms with van der Waals surface area (Å²) in [5, 5.41) is 18.5. The molecule has 0 saturated carbocycles. The highest BCUT2D eigenvalue weighted by atomic mass is 16.3. The third-order valence-electron chi connectivity index (χ3n) is 6.45. The van der Waals surface area contributed by atoms with Crippen LogP contribution in [0.1, 0.15) is 129 Å². The van der Waals surface area contributed by atoms with Crippen molar-refractivity contribution in [2.45, 2.75) is 135 Å². The molecule has 0 bridgehead atoms. The highest BCUT2D eigenvalue weighted by molar-refractivity contribution is 4.83. The fraction of sp³-hybridized carbons (Fsp3) is 1.00. The average molecular weight is 415 g/mol. The minimum Gasteiger partial charge on any atom is -0.395 e. The van der Waals surface area contributed by atoms with E-state index in [1.165, 1.54) is 96.3 Å². The fourth-order valence-electron chi connectivity index (χ4n) is 4.34. The summed E-state index contributed by atoms with van der Waals surface area (Å²) in [5.74, 6) is 0. The van der Waals surface area contributed by atoms with Crippen LogP contribution in [-0.2, 0) is 0 Å². The molecule has 0 amide bonds. The van der Waals surface area contributed by atoms with E-state index < -0.39 is 0 Å². The smallest absolute Gasteiger partial charge is 0.0686 e. The summed E-state index contributed by atoms with van der Waals surface area (Å²) in [6.45, 7) is 5.67. The zero-order valence-electron chi connectivity index (χ0n) is 20.0. The van der Waals surface area contributed by atoms with Crippen LogP contribution >= 0.6 is 0 Å². The van der Waals surface area contributed by atoms with Crippen molar-refractivity contribution in [1.29, 1.82) is 0 Å². The Bertz CT molecular complexity index is 322. The van der Waals surface area contributed by atoms with Crippen LogP contribution in [-0.4, -0.2) is 47.1 Å². The molecule has 0 rings (SSSR count). The number of nitrogens with zero attached hydrogens (tertiary/aromatic N) is 1. The Labute approximate surface area is 182 Å². The molecule has 0 heterocycles. The Kier molecular flexibility index (Phi) is 21.0. The summed E-state index contributed by atoms with van der Waals surface area (Å²) < 4.78 is 0. The van der Waals surface area contributed by atoms with E-state index in [1.54, 1.807) is 0 Å². The van der Waals surface area contributed by atoms with Gasteiger partial charge in [0.25, 0.3) is 0 Å². The molecule has 4 heteroatoms. The van der Waals surface area contributed by atoms with Crippen LogP contribution in [0.2, 0.25) is 0 Å². The zero-order chi connectivity index (χ0) is 21.6. The van der Waals surface area contributed by atoms with Crippen LogP contribution in [0.5, 0.6) is 0 Å². The van der Waals surface area contributed by atoms with Crippen molar-refractivity contribution in [3.05, 3.63) is 0 Å². The van der Waals surface area contributed by atoms with E-state index >= 15 is 0 Å². The van der Waals surface area contributed by atoms with Gasteiger partial charge < -0.3 is 15.9 Å². The van der Waals surface area contributed by atoms with Crippen molar-refractivity contribution in [2.75, 3.05) is 26.3 Å². The average Bonchev–Trinajstić information content (AvgIpc) is 2.73. The second kappa shape index (κ2) is 21.1. The van der Waals surface area contributed by atoms with Crippen molar-refractivity contribution < 1.29 is 10.2 Å². The number of rotatable bonds is 23. The summed E-state index contributed by atoms with van der Waals surface area (Å²) in [6, 6.07) is 0. The van der Waals surface area contributed by atoms with E-state index in [9.17, 15) is 10.2 Å². The largest absolute Gasteiger partial charge is 0.395 e. The summed E-state index contributed by atoms with van der Waals surface area (Å²) in [4.78, 5) is 2.05. The lowest BCUT2D eigenvalue weighted by Gasteiger charge is -2.40. The van der Waals surface area contributed by atoms with Gasteiger partial charge in [-0.3, -0.25) is 4.90 Å². The SMILES string of the molecule is CCCCCCCCCCCCCCCCCCC(N)(CC)N(CCO)CCO. The first-order valence-corrected chi connectivity index (χ1v) is 12.9. The van der Waals surface area contributed by atoms with Gasteiger partial charge in [-0.15, -0.1) is 0 Å². The first kappa shape index (κ1) is 28.8. The van der Waals surface area contributed by atoms with E-state index in [0.717, 1.165) is 19.3 Å². The lowest BCUT2D eigenvalue weighted by Crippen LogP contribution is -2.57. The lowest BCUT2D eigenvalue weighted by atomic mass is 9.96. The molecule has 176 valence electrons. The summed E-state index contributed by atoms with van der Waals surface area (Å²) in [6.07, 6.45) is 23.8. The van der Waals surface area contributed by atoms with Crippen molar-refractivity contribution in [3.8, 4) is 0 Å². The number of aliphatic hydroxyl groups is 2. The molecule has 0 aromatic heterocycles. The van der Waals surface area contributed by atoms with Crippen molar-refractivity contribution in [2.24, 2.45) is 5.73 Å². The van der Waals surface area contributed by atoms with Gasteiger partial charge in [0.2, 0.25) is 0 Å². The van der Waals surface area contributed by atoms with E-state index in [4.69, 9.17) is 5.73 Å². The van der Waals surface area contributed by atoms with E-state index in [-0.39, 0.29) is 18.9 Å². The maximum atomic E-state index is 9.26. The minimum absolute atomic E-state index is 0.0951. The molecule has 0 aliphatic heterocycles. The highest BCUT2D eigenvalue weighted by Gasteiger charge is 2.29. The van der Waals surface area contributed by atoms with E-state index in [0.29, 0.717) is 13.1 Å². The van der Waals surface area contributed by atoms with Gasteiger partial charge >= 0.3 is 0 Å². The monoisotopic (exact) mass is 414 g/mol. The molecule has 0 aliphatic rings. The Balaban J connectivity index is 3.53. The molecule has 0 radical (unpaired) electrons. The van der Waals surface area contributed by atoms with Crippen molar-refractivity contribution >= 4 is 0 Å². The van der Waals surface area contributed by atoms with Gasteiger partial charge in [-0.25, -0.2) is 0 Å². The molecule has 4 nitrogen and oxygen atoms in total. The third-order valence-corrected chi connectivity index (χ3v) is 6.45. The number of hydrogen-bond acceptors (Lipinski definition) is 4. The fourth-order valence-corrected chi connectivity index (χ4v) is 4.34. The summed E-state index contributed by atoms with van der Waals surface area (Å²) >= 11 is 0. The third kappa shape index (κ3) is 16.2. The lowest BCUT2D eigenvalue weighted by molar-refractivity contribution is 0.0419. The Hall–Kier alpha value is -0.160. The van der Waals surface area contributed by atoms with Crippen LogP contribution in [0.25, 0.3) is 0 Å². The molecule has 0 saturated heterocycles. The van der Waals surface area contributed by atoms with Gasteiger partial charge in [0.05, 0.1) is 18.9 Å². The highest BCUT2D eigenvalue weighted by Crippen LogP contribution is 2.22. The first-order valence-electron chi connectivity index (χ1n) is 12.9. The van der Waals surface area contributed by atoms with E-state index in [1.807, 2.05) is 0 Å². The van der Waals surface area contributed by atoms with Crippen molar-refractivity contribution in [3.63, 3.8) is 0 Å². The molecular weight excluding hydrogens is 360 g/mol. The zero-order valence-corrected chi connectivity index (χ0v) is 20.0. The van der Waals surface area contributed by atoms with Gasteiger partial charge in [-0.1, -0.05) is 117 Å². The Morgan fingerprint density at radius 2 is 0.931 bits per heavy atom. The van der Waals surface area contributed by atoms with Crippen LogP contribution in [0, 0.1) is 0 Å². The summed E-state index contributed by atoms with van der Waals surface area (Å²) in [5.41, 5.74) is 6.19. The molecule has 29 heavy (non-hydrogen) atoms. The maximum absolute atomic E-state index is 9.26. The van der Waals surface area contributed by atoms with Gasteiger partial charge in [0.15, 0.2) is 0 Å². The second-order valence-electron chi connectivity index (χ2n) is 8.94. The van der Waals surface area contributed by atoms with Gasteiger partial charge in [0.1, 0.15) is 0 Å². The van der Waals surface area contributed by atoms with Gasteiger partial charge in [-0.2, -0.15) is 0 Å². The topological polar surface area (TPSA) is 69.7 Å². The molecule has 1 atom stereocenters. The molecule has 0 spiro atoms. The quantitative estimate of drug-likeness (QED) is 0.142. The molecule has 0 aliphatic carbocycles. The molecule has 0 aromatic carbocycles. The van der Waals surface area contributed by atoms with Crippen LogP contribution in [0.4, 0.5) is 0 Å². The number of nitrogens with two attached hydrogens (primary N) is 1. The Morgan fingerprint density at radius 3 is 1.24 bits per heavy atom. The predicted molar refractivity (Wildman–Crippen MR) is 127 cm³/mol. The van der Waals surface area contributed by atoms with Gasteiger partial charge in [-0.05, 0) is 12.8 Å². The molecule has 0 fully saturated rings. The Morgan fingerprint density at radius 1 is 0.586 bits per heavy atom. The van der Waals surface area contributed by atoms with Crippen LogP contribution in [0.3, 0.4) is 0 Å².